The van der Waals surface area contributed by atoms with E-state index in [1.807, 2.05) is 18.2 Å². The molecule has 294 valence electrons. The van der Waals surface area contributed by atoms with E-state index in [9.17, 15) is 0 Å². The molecular weight excluding hydrogens is 751 g/mol. The first kappa shape index (κ1) is 36.9. The minimum atomic E-state index is 1.12. The third-order valence-electron chi connectivity index (χ3n) is 12.0. The molecule has 0 atom stereocenters. The Hall–Kier alpha value is -8.14. The highest BCUT2D eigenvalue weighted by Gasteiger charge is 2.21. The first-order valence-corrected chi connectivity index (χ1v) is 21.3. The lowest BCUT2D eigenvalue weighted by Gasteiger charge is -2.26. The van der Waals surface area contributed by atoms with Gasteiger partial charge in [0.2, 0.25) is 0 Å². The maximum absolute atomic E-state index is 2.48. The summed E-state index contributed by atoms with van der Waals surface area (Å²) in [5.41, 5.74) is 14.2. The van der Waals surface area contributed by atoms with Crippen LogP contribution in [-0.2, 0) is 0 Å². The maximum Gasteiger partial charge on any atom is 0.0641 e. The van der Waals surface area contributed by atoms with E-state index in [1.54, 1.807) is 0 Å². The van der Waals surface area contributed by atoms with Crippen molar-refractivity contribution < 1.29 is 0 Å². The van der Waals surface area contributed by atoms with Crippen molar-refractivity contribution in [1.29, 1.82) is 0 Å². The van der Waals surface area contributed by atoms with Gasteiger partial charge in [0.1, 0.15) is 0 Å². The molecule has 2 aromatic heterocycles. The number of hydrogen-bond donors (Lipinski definition) is 0. The van der Waals surface area contributed by atoms with Crippen molar-refractivity contribution in [2.24, 2.45) is 0 Å². The molecule has 10 aromatic carbocycles. The van der Waals surface area contributed by atoms with Gasteiger partial charge in [-0.15, -0.1) is 0 Å². The van der Waals surface area contributed by atoms with E-state index in [-0.39, 0.29) is 0 Å². The molecule has 0 spiro atoms. The van der Waals surface area contributed by atoms with E-state index in [4.69, 9.17) is 0 Å². The normalized spacial score (nSPS) is 11.3. The number of aromatic nitrogens is 2. The minimum absolute atomic E-state index is 1.12. The summed E-state index contributed by atoms with van der Waals surface area (Å²) in [6.07, 6.45) is 0. The monoisotopic (exact) mass is 793 g/mol. The van der Waals surface area contributed by atoms with Crippen molar-refractivity contribution in [3.63, 3.8) is 0 Å². The summed E-state index contributed by atoms with van der Waals surface area (Å²) in [5.74, 6) is 0. The Morgan fingerprint density at radius 3 is 1.55 bits per heavy atom. The van der Waals surface area contributed by atoms with E-state index >= 15 is 0 Å². The van der Waals surface area contributed by atoms with Gasteiger partial charge in [-0.1, -0.05) is 169 Å². The highest BCUT2D eigenvalue weighted by molar-refractivity contribution is 6.26. The van der Waals surface area contributed by atoms with E-state index in [0.29, 0.717) is 0 Å². The number of para-hydroxylation sites is 4. The average Bonchev–Trinajstić information content (AvgIpc) is 3.86. The zero-order valence-corrected chi connectivity index (χ0v) is 34.4. The van der Waals surface area contributed by atoms with Crippen LogP contribution in [0.3, 0.4) is 0 Å². The third kappa shape index (κ3) is 6.57. The van der Waals surface area contributed by atoms with Gasteiger partial charge in [0.15, 0.2) is 0 Å². The molecule has 0 aliphatic carbocycles. The number of rotatable bonds is 6. The Kier molecular flexibility index (Phi) is 9.40. The van der Waals surface area contributed by atoms with Crippen LogP contribution in [0.25, 0.3) is 76.9 Å². The fourth-order valence-electron chi connectivity index (χ4n) is 9.12. The van der Waals surface area contributed by atoms with Crippen molar-refractivity contribution in [3.05, 3.63) is 248 Å². The van der Waals surface area contributed by atoms with Crippen LogP contribution in [-0.4, -0.2) is 9.13 Å². The van der Waals surface area contributed by atoms with Crippen LogP contribution in [0, 0.1) is 6.92 Å². The van der Waals surface area contributed by atoms with E-state index in [1.165, 1.54) is 71.1 Å². The van der Waals surface area contributed by atoms with Crippen LogP contribution in [0.15, 0.2) is 243 Å². The molecule has 0 saturated heterocycles. The average molecular weight is 794 g/mol. The van der Waals surface area contributed by atoms with Gasteiger partial charge in [-0.2, -0.15) is 0 Å². The van der Waals surface area contributed by atoms with Crippen molar-refractivity contribution in [2.45, 2.75) is 6.92 Å². The highest BCUT2D eigenvalue weighted by Crippen LogP contribution is 2.43. The fourth-order valence-corrected chi connectivity index (χ4v) is 9.12. The smallest absolute Gasteiger partial charge is 0.0641 e. The molecule has 0 fully saturated rings. The van der Waals surface area contributed by atoms with Crippen LogP contribution in [0.5, 0.6) is 0 Å². The molecule has 0 saturated carbocycles. The van der Waals surface area contributed by atoms with Crippen LogP contribution in [0.1, 0.15) is 5.56 Å². The molecule has 3 heteroatoms. The lowest BCUT2D eigenvalue weighted by atomic mass is 10.0. The summed E-state index contributed by atoms with van der Waals surface area (Å²) < 4.78 is 4.88. The molecule has 0 radical (unpaired) electrons. The molecule has 0 N–H and O–H groups in total. The molecule has 0 bridgehead atoms. The van der Waals surface area contributed by atoms with Gasteiger partial charge in [-0.25, -0.2) is 0 Å². The molecule has 3 nitrogen and oxygen atoms in total. The second kappa shape index (κ2) is 15.8. The van der Waals surface area contributed by atoms with Crippen LogP contribution >= 0.6 is 0 Å². The molecule has 0 unspecified atom stereocenters. The summed E-state index contributed by atoms with van der Waals surface area (Å²) in [7, 11) is 0. The standard InChI is InChI=1S/C52H35N3.C7H8/c1-4-14-36(15-5-1)37-24-28-42(29-25-37)53(40-16-6-2-7-17-40)43-30-26-39-35-44(31-27-38(39)34-43)55-48-22-12-10-20-45(48)46-32-33-50-51(52(46)55)47-21-11-13-23-49(47)54(50)41-18-8-3-9-19-41;1-7-5-3-2-4-6-7/h1-35H;2-6H,1H3. The molecular formula is C59H43N3. The quantitative estimate of drug-likeness (QED) is 0.163. The topological polar surface area (TPSA) is 13.1 Å². The summed E-state index contributed by atoms with van der Waals surface area (Å²) in [5, 5.41) is 7.40. The number of benzene rings is 10. The van der Waals surface area contributed by atoms with E-state index in [0.717, 1.165) is 28.4 Å². The Labute approximate surface area is 361 Å². The molecule has 2 heterocycles. The Balaban J connectivity index is 0.000000565. The summed E-state index contributed by atoms with van der Waals surface area (Å²) in [6, 6.07) is 87.0. The number of hydrogen-bond acceptors (Lipinski definition) is 1. The molecule has 0 aliphatic rings. The number of fused-ring (bicyclic) bond motifs is 8. The number of anilines is 3. The van der Waals surface area contributed by atoms with Crippen molar-refractivity contribution in [3.8, 4) is 22.5 Å². The van der Waals surface area contributed by atoms with Gasteiger partial charge >= 0.3 is 0 Å². The second-order valence-corrected chi connectivity index (χ2v) is 15.9. The van der Waals surface area contributed by atoms with Gasteiger partial charge in [0, 0.05) is 50.0 Å². The zero-order valence-electron chi connectivity index (χ0n) is 34.4. The van der Waals surface area contributed by atoms with Gasteiger partial charge in [0.25, 0.3) is 0 Å². The zero-order chi connectivity index (χ0) is 41.4. The maximum atomic E-state index is 2.48. The summed E-state index contributed by atoms with van der Waals surface area (Å²) >= 11 is 0. The predicted octanol–water partition coefficient (Wildman–Crippen LogP) is 16.2. The number of aryl methyl sites for hydroxylation is 1. The molecule has 0 amide bonds. The lowest BCUT2D eigenvalue weighted by molar-refractivity contribution is 1.18. The molecule has 12 rings (SSSR count). The molecule has 12 aromatic rings. The lowest BCUT2D eigenvalue weighted by Crippen LogP contribution is -2.09. The van der Waals surface area contributed by atoms with Gasteiger partial charge in [-0.3, -0.25) is 0 Å². The highest BCUT2D eigenvalue weighted by atomic mass is 15.1. The van der Waals surface area contributed by atoms with Crippen molar-refractivity contribution in [1.82, 2.24) is 9.13 Å². The van der Waals surface area contributed by atoms with Crippen molar-refractivity contribution in [2.75, 3.05) is 4.90 Å². The summed E-state index contributed by atoms with van der Waals surface area (Å²) in [6.45, 7) is 2.08. The molecule has 0 aliphatic heterocycles. The second-order valence-electron chi connectivity index (χ2n) is 15.9. The first-order chi connectivity index (χ1) is 30.7. The third-order valence-corrected chi connectivity index (χ3v) is 12.0. The summed E-state index contributed by atoms with van der Waals surface area (Å²) in [4.78, 5) is 2.34. The first-order valence-electron chi connectivity index (χ1n) is 21.3. The number of nitrogens with zero attached hydrogens (tertiary/aromatic N) is 3. The minimum Gasteiger partial charge on any atom is -0.310 e. The Morgan fingerprint density at radius 2 is 0.855 bits per heavy atom. The van der Waals surface area contributed by atoms with Crippen LogP contribution in [0.2, 0.25) is 0 Å². The van der Waals surface area contributed by atoms with E-state index in [2.05, 4.69) is 245 Å². The molecule has 62 heavy (non-hydrogen) atoms. The van der Waals surface area contributed by atoms with Gasteiger partial charge in [-0.05, 0) is 108 Å². The van der Waals surface area contributed by atoms with Gasteiger partial charge in [0.05, 0.1) is 22.1 Å². The Bertz CT molecular complexity index is 3500. The van der Waals surface area contributed by atoms with Crippen molar-refractivity contribution >= 4 is 71.4 Å². The van der Waals surface area contributed by atoms with Crippen LogP contribution < -0.4 is 4.90 Å². The Morgan fingerprint density at radius 1 is 0.323 bits per heavy atom. The SMILES string of the molecule is Cc1ccccc1.c1ccc(-c2ccc(N(c3ccccc3)c3ccc4cc(-n5c6ccccc6c6ccc7c(c8ccccc8n7-c7ccccc7)c65)ccc4c3)cc2)cc1. The van der Waals surface area contributed by atoms with E-state index < -0.39 is 0 Å². The predicted molar refractivity (Wildman–Crippen MR) is 264 cm³/mol. The van der Waals surface area contributed by atoms with Gasteiger partial charge < -0.3 is 14.0 Å². The largest absolute Gasteiger partial charge is 0.310 e. The van der Waals surface area contributed by atoms with Crippen LogP contribution in [0.4, 0.5) is 17.1 Å². The fraction of sp³-hybridized carbons (Fsp3) is 0.0169.